The Kier molecular flexibility index (Phi) is 5.10. The van der Waals surface area contributed by atoms with E-state index < -0.39 is 25.7 Å². The van der Waals surface area contributed by atoms with Gasteiger partial charge in [0.15, 0.2) is 5.78 Å². The van der Waals surface area contributed by atoms with Crippen LogP contribution in [0.1, 0.15) is 27.9 Å². The molecule has 0 saturated carbocycles. The molecular weight excluding hydrogens is 334 g/mol. The van der Waals surface area contributed by atoms with Crippen molar-refractivity contribution in [3.8, 4) is 0 Å². The SMILES string of the molecule is Cc1ccc(S(=O)(=O)O)c(C(=O)CCc2cccc([N+](=O)[O-])c2)c1. The maximum absolute atomic E-state index is 12.3. The van der Waals surface area contributed by atoms with Crippen molar-refractivity contribution < 1.29 is 22.7 Å². The Bertz CT molecular complexity index is 905. The van der Waals surface area contributed by atoms with E-state index in [-0.39, 0.29) is 24.1 Å². The average molecular weight is 349 g/mol. The first-order chi connectivity index (χ1) is 11.2. The molecule has 0 fully saturated rings. The van der Waals surface area contributed by atoms with E-state index in [9.17, 15) is 27.9 Å². The monoisotopic (exact) mass is 349 g/mol. The number of rotatable bonds is 6. The molecule has 7 nitrogen and oxygen atoms in total. The third kappa shape index (κ3) is 4.24. The van der Waals surface area contributed by atoms with Crippen LogP contribution in [0.2, 0.25) is 0 Å². The van der Waals surface area contributed by atoms with E-state index in [1.54, 1.807) is 13.0 Å². The smallest absolute Gasteiger partial charge is 0.294 e. The van der Waals surface area contributed by atoms with E-state index in [4.69, 9.17) is 0 Å². The van der Waals surface area contributed by atoms with Crippen LogP contribution in [0.4, 0.5) is 5.69 Å². The highest BCUT2D eigenvalue weighted by atomic mass is 32.2. The van der Waals surface area contributed by atoms with Crippen molar-refractivity contribution in [3.05, 3.63) is 69.3 Å². The summed E-state index contributed by atoms with van der Waals surface area (Å²) in [6.45, 7) is 1.70. The van der Waals surface area contributed by atoms with Gasteiger partial charge in [0.25, 0.3) is 15.8 Å². The third-order valence-electron chi connectivity index (χ3n) is 3.48. The Hall–Kier alpha value is -2.58. The zero-order chi connectivity index (χ0) is 17.9. The van der Waals surface area contributed by atoms with Gasteiger partial charge in [-0.15, -0.1) is 0 Å². The van der Waals surface area contributed by atoms with Crippen LogP contribution in [-0.2, 0) is 16.5 Å². The van der Waals surface area contributed by atoms with Crippen molar-refractivity contribution in [2.45, 2.75) is 24.7 Å². The molecule has 0 heterocycles. The summed E-state index contributed by atoms with van der Waals surface area (Å²) in [5, 5.41) is 10.7. The molecule has 8 heteroatoms. The molecule has 2 aromatic rings. The van der Waals surface area contributed by atoms with Crippen molar-refractivity contribution >= 4 is 21.6 Å². The number of carbonyl (C=O) groups is 1. The lowest BCUT2D eigenvalue weighted by molar-refractivity contribution is -0.384. The van der Waals surface area contributed by atoms with Crippen LogP contribution in [0.5, 0.6) is 0 Å². The quantitative estimate of drug-likeness (QED) is 0.371. The minimum atomic E-state index is -4.51. The molecule has 0 radical (unpaired) electrons. The molecule has 0 aromatic heterocycles. The summed E-state index contributed by atoms with van der Waals surface area (Å²) in [7, 11) is -4.51. The third-order valence-corrected chi connectivity index (χ3v) is 4.39. The average Bonchev–Trinajstić information content (AvgIpc) is 2.51. The van der Waals surface area contributed by atoms with Gasteiger partial charge < -0.3 is 0 Å². The van der Waals surface area contributed by atoms with Crippen molar-refractivity contribution in [3.63, 3.8) is 0 Å². The molecule has 0 saturated heterocycles. The minimum Gasteiger partial charge on any atom is -0.294 e. The van der Waals surface area contributed by atoms with Crippen LogP contribution in [-0.4, -0.2) is 23.7 Å². The molecule has 0 atom stereocenters. The first-order valence-electron chi connectivity index (χ1n) is 7.03. The number of nitro groups is 1. The van der Waals surface area contributed by atoms with E-state index >= 15 is 0 Å². The molecule has 1 N–H and O–H groups in total. The second kappa shape index (κ2) is 6.90. The van der Waals surface area contributed by atoms with Gasteiger partial charge in [-0.25, -0.2) is 0 Å². The predicted molar refractivity (Wildman–Crippen MR) is 86.7 cm³/mol. The molecule has 0 aliphatic heterocycles. The van der Waals surface area contributed by atoms with E-state index in [2.05, 4.69) is 0 Å². The Balaban J connectivity index is 2.24. The van der Waals surface area contributed by atoms with Crippen LogP contribution in [0.25, 0.3) is 0 Å². The summed E-state index contributed by atoms with van der Waals surface area (Å²) in [5.41, 5.74) is 1.12. The summed E-state index contributed by atoms with van der Waals surface area (Å²) in [6, 6.07) is 9.97. The lowest BCUT2D eigenvalue weighted by Crippen LogP contribution is -2.10. The lowest BCUT2D eigenvalue weighted by Gasteiger charge is -2.08. The first kappa shape index (κ1) is 17.8. The number of nitro benzene ring substituents is 1. The predicted octanol–water partition coefficient (Wildman–Crippen LogP) is 2.97. The second-order valence-corrected chi connectivity index (χ2v) is 6.71. The molecule has 0 bridgehead atoms. The summed E-state index contributed by atoms with van der Waals surface area (Å²) < 4.78 is 32.0. The number of Topliss-reactive ketones (excluding diaryl/α,β-unsaturated/α-hetero) is 1. The molecule has 0 aliphatic rings. The Labute approximate surface area is 138 Å². The van der Waals surface area contributed by atoms with E-state index in [1.807, 2.05) is 0 Å². The highest BCUT2D eigenvalue weighted by Gasteiger charge is 2.20. The Morgan fingerprint density at radius 2 is 1.92 bits per heavy atom. The molecule has 0 spiro atoms. The van der Waals surface area contributed by atoms with Crippen molar-refractivity contribution in [1.29, 1.82) is 0 Å². The van der Waals surface area contributed by atoms with Gasteiger partial charge in [-0.2, -0.15) is 8.42 Å². The van der Waals surface area contributed by atoms with Gasteiger partial charge in [0, 0.05) is 24.1 Å². The van der Waals surface area contributed by atoms with Crippen molar-refractivity contribution in [1.82, 2.24) is 0 Å². The molecule has 2 aromatic carbocycles. The van der Waals surface area contributed by atoms with E-state index in [1.165, 1.54) is 36.4 Å². The summed E-state index contributed by atoms with van der Waals surface area (Å²) in [4.78, 5) is 22.1. The maximum atomic E-state index is 12.3. The van der Waals surface area contributed by atoms with Crippen LogP contribution < -0.4 is 0 Å². The largest absolute Gasteiger partial charge is 0.295 e. The van der Waals surface area contributed by atoms with Crippen molar-refractivity contribution in [2.75, 3.05) is 0 Å². The van der Waals surface area contributed by atoms with Crippen LogP contribution >= 0.6 is 0 Å². The second-order valence-electron chi connectivity index (χ2n) is 5.32. The number of ketones is 1. The van der Waals surface area contributed by atoms with Gasteiger partial charge in [-0.05, 0) is 31.0 Å². The highest BCUT2D eigenvalue weighted by Crippen LogP contribution is 2.21. The first-order valence-corrected chi connectivity index (χ1v) is 8.47. The summed E-state index contributed by atoms with van der Waals surface area (Å²) in [5.74, 6) is -0.460. The van der Waals surface area contributed by atoms with Gasteiger partial charge in [-0.1, -0.05) is 23.8 Å². The molecule has 0 unspecified atom stereocenters. The molecule has 0 aliphatic carbocycles. The topological polar surface area (TPSA) is 115 Å². The number of nitrogens with zero attached hydrogens (tertiary/aromatic N) is 1. The zero-order valence-corrected chi connectivity index (χ0v) is 13.6. The molecule has 126 valence electrons. The maximum Gasteiger partial charge on any atom is 0.295 e. The van der Waals surface area contributed by atoms with E-state index in [0.29, 0.717) is 11.1 Å². The van der Waals surface area contributed by atoms with Gasteiger partial charge in [0.2, 0.25) is 0 Å². The van der Waals surface area contributed by atoms with Gasteiger partial charge >= 0.3 is 0 Å². The van der Waals surface area contributed by atoms with Gasteiger partial charge in [0.05, 0.1) is 4.92 Å². The van der Waals surface area contributed by atoms with Crippen molar-refractivity contribution in [2.24, 2.45) is 0 Å². The number of aryl methyl sites for hydroxylation is 2. The zero-order valence-electron chi connectivity index (χ0n) is 12.8. The standard InChI is InChI=1S/C16H15NO6S/c1-11-5-8-16(24(21,22)23)14(9-11)15(18)7-6-12-3-2-4-13(10-12)17(19)20/h2-5,8-10H,6-7H2,1H3,(H,21,22,23). The summed E-state index contributed by atoms with van der Waals surface area (Å²) >= 11 is 0. The normalized spacial score (nSPS) is 11.2. The summed E-state index contributed by atoms with van der Waals surface area (Å²) in [6.07, 6.45) is 0.187. The fourth-order valence-electron chi connectivity index (χ4n) is 2.30. The molecule has 24 heavy (non-hydrogen) atoms. The van der Waals surface area contributed by atoms with Gasteiger partial charge in [-0.3, -0.25) is 19.5 Å². The van der Waals surface area contributed by atoms with Crippen LogP contribution in [0.3, 0.4) is 0 Å². The fraction of sp³-hybridized carbons (Fsp3) is 0.188. The minimum absolute atomic E-state index is 0.0346. The number of hydrogen-bond donors (Lipinski definition) is 1. The Morgan fingerprint density at radius 3 is 2.54 bits per heavy atom. The van der Waals surface area contributed by atoms with Gasteiger partial charge in [0.1, 0.15) is 4.90 Å². The molecule has 2 rings (SSSR count). The fourth-order valence-corrected chi connectivity index (χ4v) is 3.00. The number of hydrogen-bond acceptors (Lipinski definition) is 5. The molecular formula is C16H15NO6S. The van der Waals surface area contributed by atoms with Crippen LogP contribution in [0, 0.1) is 17.0 Å². The number of benzene rings is 2. The number of carbonyl (C=O) groups excluding carboxylic acids is 1. The lowest BCUT2D eigenvalue weighted by atomic mass is 10.0. The highest BCUT2D eigenvalue weighted by molar-refractivity contribution is 7.86. The number of non-ortho nitro benzene ring substituents is 1. The Morgan fingerprint density at radius 1 is 1.21 bits per heavy atom. The van der Waals surface area contributed by atoms with Crippen LogP contribution in [0.15, 0.2) is 47.4 Å². The van der Waals surface area contributed by atoms with E-state index in [0.717, 1.165) is 0 Å². The molecule has 0 amide bonds.